The van der Waals surface area contributed by atoms with E-state index >= 15 is 0 Å². The number of carbonyl (C=O) groups excluding carboxylic acids is 16. The molecular formula is C75H112N8O35. The number of hydrogen-bond acceptors (Lipinski definition) is 36. The summed E-state index contributed by atoms with van der Waals surface area (Å²) in [6.07, 6.45) is -14.9. The Labute approximate surface area is 681 Å². The van der Waals surface area contributed by atoms with Gasteiger partial charge in [0.2, 0.25) is 41.4 Å². The third kappa shape index (κ3) is 36.3. The average molecular weight is 1690 g/mol. The van der Waals surface area contributed by atoms with Crippen LogP contribution in [0.25, 0.3) is 0 Å². The van der Waals surface area contributed by atoms with Gasteiger partial charge in [0.1, 0.15) is 56.3 Å². The molecule has 662 valence electrons. The van der Waals surface area contributed by atoms with Gasteiger partial charge in [0.15, 0.2) is 55.5 Å². The molecule has 1 aliphatic carbocycles. The average Bonchev–Trinajstić information content (AvgIpc) is 0.795. The van der Waals surface area contributed by atoms with Gasteiger partial charge in [0.05, 0.1) is 84.7 Å². The van der Waals surface area contributed by atoms with Crippen LogP contribution < -0.4 is 37.2 Å². The highest BCUT2D eigenvalue weighted by Crippen LogP contribution is 2.32. The molecule has 43 heteroatoms. The van der Waals surface area contributed by atoms with Gasteiger partial charge in [-0.3, -0.25) is 81.6 Å². The molecule has 0 bridgehead atoms. The molecule has 3 saturated heterocycles. The van der Waals surface area contributed by atoms with Crippen molar-refractivity contribution >= 4 is 95.1 Å². The van der Waals surface area contributed by atoms with E-state index in [-0.39, 0.29) is 104 Å². The number of amides is 7. The Morgan fingerprint density at radius 1 is 0.390 bits per heavy atom. The summed E-state index contributed by atoms with van der Waals surface area (Å²) >= 11 is 0. The van der Waals surface area contributed by atoms with Crippen LogP contribution in [0.5, 0.6) is 0 Å². The van der Waals surface area contributed by atoms with E-state index in [2.05, 4.69) is 37.2 Å². The van der Waals surface area contributed by atoms with E-state index in [1.165, 1.54) is 25.7 Å². The summed E-state index contributed by atoms with van der Waals surface area (Å²) in [7, 11) is 0. The van der Waals surface area contributed by atoms with Gasteiger partial charge in [-0.15, -0.1) is 0 Å². The summed E-state index contributed by atoms with van der Waals surface area (Å²) in [5.74, 6) is -11.4. The molecule has 7 amide bonds. The molecule has 0 spiro atoms. The first-order valence-electron chi connectivity index (χ1n) is 38.4. The number of rotatable bonds is 47. The number of ether oxygens (including phenoxy) is 18. The highest BCUT2D eigenvalue weighted by molar-refractivity contribution is 5.86. The van der Waals surface area contributed by atoms with Gasteiger partial charge in [-0.25, -0.2) is 0 Å². The molecule has 0 radical (unpaired) electrons. The van der Waals surface area contributed by atoms with Crippen molar-refractivity contribution in [1.29, 1.82) is 0 Å². The van der Waals surface area contributed by atoms with Crippen LogP contribution in [0.1, 0.15) is 120 Å². The molecule has 5 rings (SSSR count). The van der Waals surface area contributed by atoms with Crippen LogP contribution in [0, 0.1) is 5.92 Å². The van der Waals surface area contributed by atoms with Crippen LogP contribution in [0.3, 0.4) is 0 Å². The Morgan fingerprint density at radius 3 is 1.02 bits per heavy atom. The number of carbonyl (C=O) groups is 16. The lowest BCUT2D eigenvalue weighted by Crippen LogP contribution is -2.66. The fraction of sp³-hybridized carbons (Fsp3) is 0.707. The van der Waals surface area contributed by atoms with Crippen molar-refractivity contribution in [3.63, 3.8) is 0 Å². The SMILES string of the molecule is CC(=O)NC1C(OCCOCCNC(=O)CN(CC(=O)NCCOCCOC2OC(COC(C)=O)C(OC(C)=O)C(OC(C)=O)C2NC(C)=O)C(Cc2ccc(CNC(=O)C3CCC(O)CC3)cc2)C(=O)NCCOCCOC2OC(COC(C)=O)C(OC(C)=O)C(OC(C)=O)C2NC(C)=O)OC(COC(C)=O)C(OC(C)=O)C1OC(C)=O. The quantitative estimate of drug-likeness (QED) is 0.0178. The maximum Gasteiger partial charge on any atom is 0.303 e. The smallest absolute Gasteiger partial charge is 0.303 e. The number of aliphatic hydroxyl groups excluding tert-OH is 1. The maximum absolute atomic E-state index is 14.9. The number of nitrogens with one attached hydrogen (secondary N) is 7. The van der Waals surface area contributed by atoms with Crippen LogP contribution in [-0.2, 0) is 175 Å². The minimum Gasteiger partial charge on any atom is -0.463 e. The van der Waals surface area contributed by atoms with Gasteiger partial charge in [0, 0.05) is 115 Å². The van der Waals surface area contributed by atoms with Crippen molar-refractivity contribution in [3.05, 3.63) is 35.4 Å². The molecule has 43 nitrogen and oxygen atoms in total. The fourth-order valence-electron chi connectivity index (χ4n) is 13.0. The summed E-state index contributed by atoms with van der Waals surface area (Å²) in [5.41, 5.74) is 1.23. The second kappa shape index (κ2) is 51.6. The van der Waals surface area contributed by atoms with Crippen molar-refractivity contribution in [1.82, 2.24) is 42.1 Å². The molecule has 1 aromatic carbocycles. The molecule has 118 heavy (non-hydrogen) atoms. The number of hydrogen-bond donors (Lipinski definition) is 8. The normalized spacial score (nSPS) is 24.9. The molecule has 0 aromatic heterocycles. The van der Waals surface area contributed by atoms with Crippen molar-refractivity contribution in [2.24, 2.45) is 5.92 Å². The van der Waals surface area contributed by atoms with Crippen molar-refractivity contribution in [3.8, 4) is 0 Å². The lowest BCUT2D eigenvalue weighted by Gasteiger charge is -2.44. The van der Waals surface area contributed by atoms with Crippen LogP contribution in [-0.4, -0.2) is 321 Å². The largest absolute Gasteiger partial charge is 0.463 e. The van der Waals surface area contributed by atoms with E-state index in [0.717, 1.165) is 62.3 Å². The Hall–Kier alpha value is -9.70. The number of nitrogens with zero attached hydrogens (tertiary/aromatic N) is 1. The third-order valence-corrected chi connectivity index (χ3v) is 17.8. The third-order valence-electron chi connectivity index (χ3n) is 17.8. The summed E-state index contributed by atoms with van der Waals surface area (Å²) in [5, 5.41) is 29.0. The number of benzene rings is 1. The second-order valence-electron chi connectivity index (χ2n) is 27.8. The summed E-state index contributed by atoms with van der Waals surface area (Å²) < 4.78 is 102. The molecule has 8 N–H and O–H groups in total. The Kier molecular flexibility index (Phi) is 43.2. The minimum absolute atomic E-state index is 0.139. The lowest BCUT2D eigenvalue weighted by molar-refractivity contribution is -0.279. The van der Waals surface area contributed by atoms with Gasteiger partial charge in [-0.2, -0.15) is 0 Å². The van der Waals surface area contributed by atoms with Gasteiger partial charge in [0.25, 0.3) is 0 Å². The van der Waals surface area contributed by atoms with E-state index in [1.54, 1.807) is 24.3 Å². The minimum atomic E-state index is -1.42. The van der Waals surface area contributed by atoms with Gasteiger partial charge in [-0.05, 0) is 43.2 Å². The van der Waals surface area contributed by atoms with Gasteiger partial charge < -0.3 is 128 Å². The van der Waals surface area contributed by atoms with Gasteiger partial charge >= 0.3 is 53.7 Å². The molecule has 16 atom stereocenters. The molecule has 3 aliphatic heterocycles. The Bertz CT molecular complexity index is 3390. The molecular weight excluding hydrogens is 1570 g/mol. The molecule has 1 aromatic rings. The maximum atomic E-state index is 14.9. The van der Waals surface area contributed by atoms with E-state index in [9.17, 15) is 81.8 Å². The van der Waals surface area contributed by atoms with Crippen molar-refractivity contribution in [2.45, 2.75) is 226 Å². The highest BCUT2D eigenvalue weighted by atomic mass is 16.7. The first-order valence-corrected chi connectivity index (χ1v) is 38.4. The van der Waals surface area contributed by atoms with Crippen LogP contribution in [0.15, 0.2) is 24.3 Å². The second-order valence-corrected chi connectivity index (χ2v) is 27.8. The fourth-order valence-corrected chi connectivity index (χ4v) is 13.0. The zero-order chi connectivity index (χ0) is 87.1. The van der Waals surface area contributed by atoms with Crippen molar-refractivity contribution in [2.75, 3.05) is 112 Å². The zero-order valence-corrected chi connectivity index (χ0v) is 68.2. The van der Waals surface area contributed by atoms with Crippen molar-refractivity contribution < 1.29 is 167 Å². The standard InChI is InChI=1S/C75H112N8O35/c1-40(84)80-62-68(113-49(10)93)65(110-46(7)90)57(37-107-43(4)87)116-73(62)104-30-27-101-24-21-76-60(97)35-83(36-61(98)77-22-25-102-28-31-105-74-63(81-41(2)85)69(114-50(11)94)66(111-47(8)91)58(117-74)38-108-44(5)88)56(33-52-13-15-53(16-14-52)34-79-71(99)54-17-19-55(96)20-18-54)72(100)78-23-26-103-29-32-106-75-64(82-42(3)86)70(115-51(12)95)67(112-48(9)92)59(118-75)39-109-45(6)89/h13-16,54-59,62-70,73-75,96H,17-39H2,1-12H3,(H,76,97)(H,77,98)(H,78,100)(H,79,99)(H,80,84)(H,81,85)(H,82,86). The van der Waals surface area contributed by atoms with Crippen LogP contribution in [0.4, 0.5) is 0 Å². The van der Waals surface area contributed by atoms with E-state index in [4.69, 9.17) is 85.3 Å². The topological polar surface area (TPSA) is 547 Å². The summed E-state index contributed by atoms with van der Waals surface area (Å²) in [6, 6.07) is 1.72. The van der Waals surface area contributed by atoms with Crippen LogP contribution in [0.2, 0.25) is 0 Å². The Balaban J connectivity index is 1.36. The predicted molar refractivity (Wildman–Crippen MR) is 397 cm³/mol. The van der Waals surface area contributed by atoms with E-state index < -0.39 is 226 Å². The highest BCUT2D eigenvalue weighted by Gasteiger charge is 2.54. The first kappa shape index (κ1) is 98.9. The number of aliphatic hydroxyl groups is 1. The Morgan fingerprint density at radius 2 is 0.703 bits per heavy atom. The molecule has 4 fully saturated rings. The zero-order valence-electron chi connectivity index (χ0n) is 68.2. The number of esters is 9. The molecule has 3 heterocycles. The predicted octanol–water partition coefficient (Wildman–Crippen LogP) is -3.52. The van der Waals surface area contributed by atoms with Gasteiger partial charge in [-0.1, -0.05) is 24.3 Å². The monoisotopic (exact) mass is 1680 g/mol. The van der Waals surface area contributed by atoms with E-state index in [1.807, 2.05) is 0 Å². The lowest BCUT2D eigenvalue weighted by atomic mass is 9.87. The summed E-state index contributed by atoms with van der Waals surface area (Å²) in [4.78, 5) is 205. The van der Waals surface area contributed by atoms with E-state index in [0.29, 0.717) is 36.8 Å². The molecule has 16 unspecified atom stereocenters. The summed E-state index contributed by atoms with van der Waals surface area (Å²) in [6.45, 7) is 8.53. The first-order chi connectivity index (χ1) is 56.0. The molecule has 1 saturated carbocycles. The molecule has 4 aliphatic rings. The van der Waals surface area contributed by atoms with Crippen LogP contribution >= 0.6 is 0 Å².